The van der Waals surface area contributed by atoms with Crippen LogP contribution in [0.1, 0.15) is 10.4 Å². The number of morpholine rings is 1. The van der Waals surface area contributed by atoms with Gasteiger partial charge in [0.1, 0.15) is 5.56 Å². The van der Waals surface area contributed by atoms with Gasteiger partial charge in [-0.3, -0.25) is 14.3 Å². The molecule has 0 spiro atoms. The topological polar surface area (TPSA) is 105 Å². The lowest BCUT2D eigenvalue weighted by molar-refractivity contribution is -0.0281. The summed E-state index contributed by atoms with van der Waals surface area (Å²) >= 11 is 0. The highest BCUT2D eigenvalue weighted by Gasteiger charge is 2.20. The number of ether oxygens (including phenoxy) is 1. The molecule has 0 bridgehead atoms. The maximum Gasteiger partial charge on any atom is 0.342 e. The molecule has 1 aliphatic heterocycles. The Morgan fingerprint density at radius 2 is 2.32 bits per heavy atom. The van der Waals surface area contributed by atoms with Crippen LogP contribution in [0.3, 0.4) is 0 Å². The molecule has 1 fully saturated rings. The van der Waals surface area contributed by atoms with Crippen LogP contribution in [0.2, 0.25) is 0 Å². The maximum atomic E-state index is 11.6. The third-order valence-electron chi connectivity index (χ3n) is 2.98. The van der Waals surface area contributed by atoms with E-state index >= 15 is 0 Å². The normalized spacial score (nSPS) is 20.4. The van der Waals surface area contributed by atoms with Gasteiger partial charge in [-0.15, -0.1) is 0 Å². The van der Waals surface area contributed by atoms with E-state index in [4.69, 9.17) is 9.84 Å². The van der Waals surface area contributed by atoms with Gasteiger partial charge < -0.3 is 14.7 Å². The van der Waals surface area contributed by atoms with Crippen molar-refractivity contribution in [3.05, 3.63) is 32.6 Å². The lowest BCUT2D eigenvalue weighted by atomic mass is 10.2. The summed E-state index contributed by atoms with van der Waals surface area (Å²) in [5.41, 5.74) is -1.98. The number of aromatic amines is 1. The quantitative estimate of drug-likeness (QED) is 0.696. The lowest BCUT2D eigenvalue weighted by Gasteiger charge is -2.30. The monoisotopic (exact) mass is 269 g/mol. The number of carbonyl (C=O) groups is 1. The van der Waals surface area contributed by atoms with Crippen LogP contribution < -0.4 is 11.2 Å². The van der Waals surface area contributed by atoms with E-state index in [1.54, 1.807) is 0 Å². The zero-order valence-corrected chi connectivity index (χ0v) is 10.5. The van der Waals surface area contributed by atoms with Crippen LogP contribution in [-0.2, 0) is 11.3 Å². The summed E-state index contributed by atoms with van der Waals surface area (Å²) in [5.74, 6) is -1.36. The molecule has 0 saturated carbocycles. The van der Waals surface area contributed by atoms with Crippen LogP contribution in [0.15, 0.2) is 15.8 Å². The van der Waals surface area contributed by atoms with E-state index in [-0.39, 0.29) is 12.6 Å². The Morgan fingerprint density at radius 1 is 1.58 bits per heavy atom. The minimum atomic E-state index is -1.36. The minimum Gasteiger partial charge on any atom is -0.477 e. The highest BCUT2D eigenvalue weighted by Crippen LogP contribution is 2.04. The number of nitrogens with one attached hydrogen (secondary N) is 1. The van der Waals surface area contributed by atoms with Crippen molar-refractivity contribution >= 4 is 5.97 Å². The zero-order chi connectivity index (χ0) is 14.0. The molecule has 0 aliphatic carbocycles. The van der Waals surface area contributed by atoms with Crippen molar-refractivity contribution in [2.24, 2.45) is 0 Å². The molecule has 8 heteroatoms. The number of hydrogen-bond acceptors (Lipinski definition) is 5. The number of aromatic nitrogens is 2. The van der Waals surface area contributed by atoms with Crippen molar-refractivity contribution in [3.8, 4) is 0 Å². The average molecular weight is 269 g/mol. The summed E-state index contributed by atoms with van der Waals surface area (Å²) in [6.45, 7) is 2.23. The molecule has 1 unspecified atom stereocenters. The van der Waals surface area contributed by atoms with Crippen LogP contribution in [-0.4, -0.2) is 58.4 Å². The van der Waals surface area contributed by atoms with E-state index in [9.17, 15) is 14.4 Å². The number of aromatic carboxylic acids is 1. The second-order valence-electron chi connectivity index (χ2n) is 4.51. The van der Waals surface area contributed by atoms with Crippen LogP contribution in [0.25, 0.3) is 0 Å². The summed E-state index contributed by atoms with van der Waals surface area (Å²) in [4.78, 5) is 37.8. The minimum absolute atomic E-state index is 0.205. The van der Waals surface area contributed by atoms with Gasteiger partial charge in [-0.25, -0.2) is 9.59 Å². The third kappa shape index (κ3) is 3.09. The Labute approximate surface area is 108 Å². The summed E-state index contributed by atoms with van der Waals surface area (Å²) < 4.78 is 6.66. The fraction of sp³-hybridized carbons (Fsp3) is 0.545. The Balaban J connectivity index is 2.25. The Morgan fingerprint density at radius 3 is 2.95 bits per heavy atom. The largest absolute Gasteiger partial charge is 0.477 e. The molecule has 1 aromatic heterocycles. The summed E-state index contributed by atoms with van der Waals surface area (Å²) in [7, 11) is 1.94. The van der Waals surface area contributed by atoms with Crippen molar-refractivity contribution in [3.63, 3.8) is 0 Å². The van der Waals surface area contributed by atoms with E-state index < -0.39 is 22.8 Å². The predicted octanol–water partition coefficient (Wildman–Crippen LogP) is -1.43. The Kier molecular flexibility index (Phi) is 3.82. The number of carboxylic acid groups (broad SMARTS) is 1. The predicted molar refractivity (Wildman–Crippen MR) is 65.5 cm³/mol. The van der Waals surface area contributed by atoms with Crippen LogP contribution >= 0.6 is 0 Å². The van der Waals surface area contributed by atoms with Crippen molar-refractivity contribution in [1.82, 2.24) is 14.5 Å². The van der Waals surface area contributed by atoms with Crippen LogP contribution in [0.5, 0.6) is 0 Å². The molecule has 1 saturated heterocycles. The van der Waals surface area contributed by atoms with Gasteiger partial charge in [0.05, 0.1) is 19.3 Å². The first kappa shape index (κ1) is 13.5. The van der Waals surface area contributed by atoms with E-state index in [1.807, 2.05) is 12.0 Å². The lowest BCUT2D eigenvalue weighted by Crippen LogP contribution is -2.44. The van der Waals surface area contributed by atoms with Crippen LogP contribution in [0.4, 0.5) is 0 Å². The second kappa shape index (κ2) is 5.37. The number of carboxylic acids is 1. The van der Waals surface area contributed by atoms with Gasteiger partial charge in [0, 0.05) is 19.3 Å². The number of rotatable bonds is 3. The van der Waals surface area contributed by atoms with Gasteiger partial charge in [0.25, 0.3) is 5.56 Å². The molecule has 2 N–H and O–H groups in total. The second-order valence-corrected chi connectivity index (χ2v) is 4.51. The molecule has 0 amide bonds. The van der Waals surface area contributed by atoms with E-state index in [0.29, 0.717) is 13.2 Å². The molecule has 1 aliphatic rings. The molecule has 1 atom stereocenters. The van der Waals surface area contributed by atoms with Gasteiger partial charge >= 0.3 is 11.7 Å². The summed E-state index contributed by atoms with van der Waals surface area (Å²) in [5, 5.41) is 8.85. The fourth-order valence-corrected chi connectivity index (χ4v) is 1.99. The molecule has 2 rings (SSSR count). The first-order chi connectivity index (χ1) is 8.97. The average Bonchev–Trinajstić information content (AvgIpc) is 2.32. The summed E-state index contributed by atoms with van der Waals surface area (Å²) in [6, 6.07) is 0. The number of likely N-dealkylation sites (N-methyl/N-ethyl adjacent to an activating group) is 1. The molecule has 104 valence electrons. The zero-order valence-electron chi connectivity index (χ0n) is 10.5. The van der Waals surface area contributed by atoms with Gasteiger partial charge in [-0.1, -0.05) is 0 Å². The van der Waals surface area contributed by atoms with Crippen molar-refractivity contribution in [1.29, 1.82) is 0 Å². The first-order valence-electron chi connectivity index (χ1n) is 5.84. The van der Waals surface area contributed by atoms with Crippen molar-refractivity contribution in [2.75, 3.05) is 26.7 Å². The van der Waals surface area contributed by atoms with E-state index in [2.05, 4.69) is 4.90 Å². The van der Waals surface area contributed by atoms with E-state index in [1.165, 1.54) is 0 Å². The Bertz CT molecular complexity index is 591. The first-order valence-corrected chi connectivity index (χ1v) is 5.84. The van der Waals surface area contributed by atoms with Gasteiger partial charge in [0.15, 0.2) is 0 Å². The van der Waals surface area contributed by atoms with Crippen LogP contribution in [0, 0.1) is 0 Å². The SMILES string of the molecule is CN1CCOC(Cn2cc(C(=O)O)c(=O)[nH]c2=O)C1. The molecule has 0 aromatic carbocycles. The van der Waals surface area contributed by atoms with Gasteiger partial charge in [0.2, 0.25) is 0 Å². The number of H-pyrrole nitrogens is 1. The number of nitrogens with zero attached hydrogens (tertiary/aromatic N) is 2. The molecular weight excluding hydrogens is 254 g/mol. The molecular formula is C11H15N3O5. The molecule has 0 radical (unpaired) electrons. The van der Waals surface area contributed by atoms with Crippen molar-refractivity contribution < 1.29 is 14.6 Å². The maximum absolute atomic E-state index is 11.6. The van der Waals surface area contributed by atoms with Crippen molar-refractivity contribution in [2.45, 2.75) is 12.6 Å². The fourth-order valence-electron chi connectivity index (χ4n) is 1.99. The third-order valence-corrected chi connectivity index (χ3v) is 2.98. The standard InChI is InChI=1S/C11H15N3O5/c1-13-2-3-19-7(4-13)5-14-6-8(10(16)17)9(15)12-11(14)18/h6-7H,2-5H2,1H3,(H,16,17)(H,12,15,18). The van der Waals surface area contributed by atoms with Gasteiger partial charge in [-0.05, 0) is 7.05 Å². The highest BCUT2D eigenvalue weighted by molar-refractivity contribution is 5.86. The smallest absolute Gasteiger partial charge is 0.342 e. The highest BCUT2D eigenvalue weighted by atomic mass is 16.5. The molecule has 1 aromatic rings. The van der Waals surface area contributed by atoms with Gasteiger partial charge in [-0.2, -0.15) is 0 Å². The molecule has 8 nitrogen and oxygen atoms in total. The molecule has 19 heavy (non-hydrogen) atoms. The van der Waals surface area contributed by atoms with E-state index in [0.717, 1.165) is 17.3 Å². The Hall–Kier alpha value is -1.93. The summed E-state index contributed by atoms with van der Waals surface area (Å²) in [6.07, 6.45) is 0.852. The molecule has 2 heterocycles. The number of hydrogen-bond donors (Lipinski definition) is 2.